The fourth-order valence-corrected chi connectivity index (χ4v) is 1.28. The molecule has 0 bridgehead atoms. The molecule has 0 aromatic carbocycles. The van der Waals surface area contributed by atoms with E-state index in [1.165, 1.54) is 11.8 Å². The van der Waals surface area contributed by atoms with Crippen molar-refractivity contribution in [1.82, 2.24) is 4.90 Å². The van der Waals surface area contributed by atoms with Crippen molar-refractivity contribution in [3.8, 4) is 6.07 Å². The smallest absolute Gasteiger partial charge is 0.239 e. The monoisotopic (exact) mass is 184 g/mol. The highest BCUT2D eigenvalue weighted by Crippen LogP contribution is 2.12. The van der Waals surface area contributed by atoms with Crippen LogP contribution in [-0.2, 0) is 4.79 Å². The number of rotatable bonds is 1. The van der Waals surface area contributed by atoms with Gasteiger partial charge in [0.1, 0.15) is 5.92 Å². The van der Waals surface area contributed by atoms with Gasteiger partial charge < -0.3 is 15.1 Å². The molecule has 1 aliphatic rings. The summed E-state index contributed by atoms with van der Waals surface area (Å²) in [6.07, 6.45) is -1.76. The predicted octanol–water partition coefficient (Wildman–Crippen LogP) is -1.29. The van der Waals surface area contributed by atoms with Crippen molar-refractivity contribution in [2.45, 2.75) is 19.1 Å². The Morgan fingerprint density at radius 2 is 2.00 bits per heavy atom. The van der Waals surface area contributed by atoms with Gasteiger partial charge in [-0.1, -0.05) is 0 Å². The Labute approximate surface area is 76.2 Å². The summed E-state index contributed by atoms with van der Waals surface area (Å²) in [6.45, 7) is 1.73. The van der Waals surface area contributed by atoms with E-state index in [0.717, 1.165) is 0 Å². The molecule has 1 aliphatic heterocycles. The van der Waals surface area contributed by atoms with Crippen LogP contribution in [0.3, 0.4) is 0 Å². The number of amides is 1. The lowest BCUT2D eigenvalue weighted by molar-refractivity contribution is -0.132. The number of nitriles is 1. The van der Waals surface area contributed by atoms with Gasteiger partial charge in [0.15, 0.2) is 0 Å². The van der Waals surface area contributed by atoms with Crippen LogP contribution in [-0.4, -0.2) is 46.3 Å². The van der Waals surface area contributed by atoms with E-state index < -0.39 is 18.1 Å². The van der Waals surface area contributed by atoms with E-state index >= 15 is 0 Å². The molecule has 3 unspecified atom stereocenters. The number of hydrogen-bond donors (Lipinski definition) is 2. The van der Waals surface area contributed by atoms with E-state index in [1.54, 1.807) is 0 Å². The van der Waals surface area contributed by atoms with Gasteiger partial charge in [-0.25, -0.2) is 0 Å². The summed E-state index contributed by atoms with van der Waals surface area (Å²) < 4.78 is 0. The Kier molecular flexibility index (Phi) is 2.86. The fourth-order valence-electron chi connectivity index (χ4n) is 1.28. The van der Waals surface area contributed by atoms with E-state index in [2.05, 4.69) is 0 Å². The van der Waals surface area contributed by atoms with Gasteiger partial charge >= 0.3 is 0 Å². The van der Waals surface area contributed by atoms with Crippen LogP contribution in [0.5, 0.6) is 0 Å². The molecule has 0 radical (unpaired) electrons. The number of aliphatic hydroxyl groups is 2. The van der Waals surface area contributed by atoms with Crippen LogP contribution in [0.15, 0.2) is 0 Å². The molecule has 1 heterocycles. The number of carbonyl (C=O) groups is 1. The fraction of sp³-hybridized carbons (Fsp3) is 0.750. The second kappa shape index (κ2) is 3.73. The van der Waals surface area contributed by atoms with Crippen molar-refractivity contribution in [2.75, 3.05) is 13.1 Å². The third kappa shape index (κ3) is 1.97. The second-order valence-corrected chi connectivity index (χ2v) is 3.23. The van der Waals surface area contributed by atoms with Gasteiger partial charge in [-0.05, 0) is 6.92 Å². The summed E-state index contributed by atoms with van der Waals surface area (Å²) in [5.74, 6) is -1.05. The summed E-state index contributed by atoms with van der Waals surface area (Å²) in [4.78, 5) is 12.7. The molecule has 0 spiro atoms. The number of nitrogens with zero attached hydrogens (tertiary/aromatic N) is 2. The van der Waals surface area contributed by atoms with E-state index in [0.29, 0.717) is 0 Å². The number of carbonyl (C=O) groups excluding carboxylic acids is 1. The molecule has 5 heteroatoms. The van der Waals surface area contributed by atoms with Crippen LogP contribution in [0, 0.1) is 17.2 Å². The third-order valence-electron chi connectivity index (χ3n) is 2.13. The van der Waals surface area contributed by atoms with Gasteiger partial charge in [0.2, 0.25) is 5.91 Å². The van der Waals surface area contributed by atoms with Gasteiger partial charge in [-0.2, -0.15) is 5.26 Å². The first-order valence-corrected chi connectivity index (χ1v) is 4.10. The van der Waals surface area contributed by atoms with Crippen LogP contribution >= 0.6 is 0 Å². The molecule has 13 heavy (non-hydrogen) atoms. The molecule has 0 aromatic rings. The minimum atomic E-state index is -0.880. The lowest BCUT2D eigenvalue weighted by Gasteiger charge is -2.15. The number of aliphatic hydroxyl groups excluding tert-OH is 2. The molecule has 2 N–H and O–H groups in total. The molecular weight excluding hydrogens is 172 g/mol. The van der Waals surface area contributed by atoms with Crippen molar-refractivity contribution in [3.05, 3.63) is 0 Å². The third-order valence-corrected chi connectivity index (χ3v) is 2.13. The Balaban J connectivity index is 2.57. The van der Waals surface area contributed by atoms with E-state index in [4.69, 9.17) is 15.5 Å². The van der Waals surface area contributed by atoms with Crippen LogP contribution in [0.2, 0.25) is 0 Å². The van der Waals surface area contributed by atoms with Crippen LogP contribution < -0.4 is 0 Å². The minimum absolute atomic E-state index is 0.117. The van der Waals surface area contributed by atoms with Crippen molar-refractivity contribution in [2.24, 2.45) is 5.92 Å². The highest BCUT2D eigenvalue weighted by Gasteiger charge is 2.34. The zero-order valence-electron chi connectivity index (χ0n) is 7.34. The first-order chi connectivity index (χ1) is 6.06. The van der Waals surface area contributed by atoms with Gasteiger partial charge in [-0.15, -0.1) is 0 Å². The van der Waals surface area contributed by atoms with E-state index in [9.17, 15) is 4.79 Å². The molecule has 3 atom stereocenters. The van der Waals surface area contributed by atoms with Crippen molar-refractivity contribution in [1.29, 1.82) is 5.26 Å². The molecule has 1 saturated heterocycles. The topological polar surface area (TPSA) is 84.6 Å². The van der Waals surface area contributed by atoms with Gasteiger partial charge in [0.25, 0.3) is 0 Å². The lowest BCUT2D eigenvalue weighted by Crippen LogP contribution is -2.33. The van der Waals surface area contributed by atoms with Crippen molar-refractivity contribution in [3.63, 3.8) is 0 Å². The molecule has 5 nitrogen and oxygen atoms in total. The second-order valence-electron chi connectivity index (χ2n) is 3.23. The Morgan fingerprint density at radius 3 is 2.38 bits per heavy atom. The normalized spacial score (nSPS) is 29.8. The largest absolute Gasteiger partial charge is 0.388 e. The summed E-state index contributed by atoms with van der Waals surface area (Å²) in [5, 5.41) is 26.8. The molecule has 0 aromatic heterocycles. The first kappa shape index (κ1) is 9.96. The predicted molar refractivity (Wildman–Crippen MR) is 43.4 cm³/mol. The molecule has 72 valence electrons. The van der Waals surface area contributed by atoms with Gasteiger partial charge in [0.05, 0.1) is 18.3 Å². The summed E-state index contributed by atoms with van der Waals surface area (Å²) >= 11 is 0. The molecular formula is C8H12N2O3. The zero-order chi connectivity index (χ0) is 10.0. The van der Waals surface area contributed by atoms with Gasteiger partial charge in [0, 0.05) is 13.1 Å². The number of β-amino-alcohol motifs (C(OH)–C–C–N with tert-alkyl or cyclic N) is 2. The standard InChI is InChI=1S/C8H12N2O3/c1-5(2-9)8(13)10-3-6(11)7(12)4-10/h5-7,11-12H,3-4H2,1H3. The van der Waals surface area contributed by atoms with Crippen molar-refractivity contribution >= 4 is 5.91 Å². The number of likely N-dealkylation sites (tertiary alicyclic amines) is 1. The maximum absolute atomic E-state index is 11.3. The maximum atomic E-state index is 11.3. The number of hydrogen-bond acceptors (Lipinski definition) is 4. The van der Waals surface area contributed by atoms with Crippen molar-refractivity contribution < 1.29 is 15.0 Å². The van der Waals surface area contributed by atoms with E-state index in [-0.39, 0.29) is 19.0 Å². The average Bonchev–Trinajstić information content (AvgIpc) is 2.44. The van der Waals surface area contributed by atoms with E-state index in [1.807, 2.05) is 6.07 Å². The summed E-state index contributed by atoms with van der Waals surface area (Å²) in [5.41, 5.74) is 0. The molecule has 1 fully saturated rings. The summed E-state index contributed by atoms with van der Waals surface area (Å²) in [7, 11) is 0. The quantitative estimate of drug-likeness (QED) is 0.531. The Hall–Kier alpha value is -1.12. The molecule has 0 aliphatic carbocycles. The highest BCUT2D eigenvalue weighted by molar-refractivity contribution is 5.81. The Morgan fingerprint density at radius 1 is 1.54 bits per heavy atom. The SMILES string of the molecule is CC(C#N)C(=O)N1CC(O)C(O)C1. The average molecular weight is 184 g/mol. The molecule has 0 saturated carbocycles. The lowest BCUT2D eigenvalue weighted by atomic mass is 10.2. The van der Waals surface area contributed by atoms with Crippen LogP contribution in [0.25, 0.3) is 0 Å². The highest BCUT2D eigenvalue weighted by atomic mass is 16.3. The Bertz CT molecular complexity index is 238. The van der Waals surface area contributed by atoms with Gasteiger partial charge in [-0.3, -0.25) is 4.79 Å². The van der Waals surface area contributed by atoms with Crippen LogP contribution in [0.1, 0.15) is 6.92 Å². The van der Waals surface area contributed by atoms with Crippen LogP contribution in [0.4, 0.5) is 0 Å². The first-order valence-electron chi connectivity index (χ1n) is 4.10. The maximum Gasteiger partial charge on any atom is 0.239 e. The summed E-state index contributed by atoms with van der Waals surface area (Å²) in [6, 6.07) is 1.82. The molecule has 1 rings (SSSR count). The molecule has 1 amide bonds. The zero-order valence-corrected chi connectivity index (χ0v) is 7.34. The minimum Gasteiger partial charge on any atom is -0.388 e.